The van der Waals surface area contributed by atoms with Crippen molar-refractivity contribution >= 4 is 17.6 Å². The molecule has 2 N–H and O–H groups in total. The Morgan fingerprint density at radius 3 is 2.45 bits per heavy atom. The summed E-state index contributed by atoms with van der Waals surface area (Å²) in [5.74, 6) is -2.15. The summed E-state index contributed by atoms with van der Waals surface area (Å²) in [5.41, 5.74) is 1.08. The number of aliphatic carboxylic acids is 1. The molecule has 2 rings (SSSR count). The van der Waals surface area contributed by atoms with Gasteiger partial charge in [0, 0.05) is 25.8 Å². The van der Waals surface area contributed by atoms with Gasteiger partial charge < -0.3 is 15.3 Å². The normalized spacial score (nSPS) is 20.4. The fraction of sp³-hybridized carbons (Fsp3) is 0.412. The van der Waals surface area contributed by atoms with Gasteiger partial charge in [-0.1, -0.05) is 30.4 Å². The molecule has 5 heteroatoms. The van der Waals surface area contributed by atoms with Crippen molar-refractivity contribution in [3.63, 3.8) is 0 Å². The summed E-state index contributed by atoms with van der Waals surface area (Å²) in [5, 5.41) is 12.1. The molecule has 0 bridgehead atoms. The molecule has 0 saturated heterocycles. The second kappa shape index (κ2) is 7.64. The number of rotatable bonds is 6. The highest BCUT2D eigenvalue weighted by Gasteiger charge is 2.33. The second-order valence-corrected chi connectivity index (χ2v) is 5.54. The largest absolute Gasteiger partial charge is 0.481 e. The second-order valence-electron chi connectivity index (χ2n) is 5.54. The molecule has 0 heterocycles. The Hall–Kier alpha value is -2.30. The molecular weight excluding hydrogens is 280 g/mol. The van der Waals surface area contributed by atoms with Crippen molar-refractivity contribution in [3.05, 3.63) is 42.5 Å². The fourth-order valence-corrected chi connectivity index (χ4v) is 2.67. The lowest BCUT2D eigenvalue weighted by atomic mass is 9.82. The first kappa shape index (κ1) is 16.1. The molecule has 1 aliphatic carbocycles. The molecule has 1 aliphatic rings. The first-order valence-corrected chi connectivity index (χ1v) is 7.51. The van der Waals surface area contributed by atoms with Gasteiger partial charge in [0.2, 0.25) is 5.91 Å². The summed E-state index contributed by atoms with van der Waals surface area (Å²) < 4.78 is 0. The third-order valence-corrected chi connectivity index (χ3v) is 4.03. The lowest BCUT2D eigenvalue weighted by Gasteiger charge is -2.25. The third-order valence-electron chi connectivity index (χ3n) is 4.03. The molecule has 2 atom stereocenters. The molecule has 0 aliphatic heterocycles. The molecule has 1 aromatic rings. The van der Waals surface area contributed by atoms with Gasteiger partial charge in [-0.25, -0.2) is 0 Å². The number of carbonyl (C=O) groups excluding carboxylic acids is 1. The standard InChI is InChI=1S/C17H22N2O3/c1-19(13-7-3-2-4-8-13)12-11-18-16(20)14-9-5-6-10-15(14)17(21)22/h2-8,14-15H,9-12H2,1H3,(H,18,20)(H,21,22). The smallest absolute Gasteiger partial charge is 0.307 e. The number of para-hydroxylation sites is 1. The summed E-state index contributed by atoms with van der Waals surface area (Å²) in [4.78, 5) is 25.5. The molecule has 1 amide bonds. The maximum absolute atomic E-state index is 12.2. The predicted octanol–water partition coefficient (Wildman–Crippen LogP) is 1.91. The average molecular weight is 302 g/mol. The molecule has 2 unspecified atom stereocenters. The lowest BCUT2D eigenvalue weighted by molar-refractivity contribution is -0.147. The van der Waals surface area contributed by atoms with E-state index < -0.39 is 17.8 Å². The van der Waals surface area contributed by atoms with Crippen LogP contribution in [0, 0.1) is 11.8 Å². The minimum atomic E-state index is -0.897. The highest BCUT2D eigenvalue weighted by atomic mass is 16.4. The summed E-state index contributed by atoms with van der Waals surface area (Å²) in [6, 6.07) is 9.91. The lowest BCUT2D eigenvalue weighted by Crippen LogP contribution is -2.41. The van der Waals surface area contributed by atoms with Gasteiger partial charge in [-0.05, 0) is 25.0 Å². The Balaban J connectivity index is 1.82. The van der Waals surface area contributed by atoms with E-state index >= 15 is 0 Å². The number of allylic oxidation sites excluding steroid dienone is 2. The van der Waals surface area contributed by atoms with E-state index in [4.69, 9.17) is 0 Å². The highest BCUT2D eigenvalue weighted by Crippen LogP contribution is 2.25. The number of benzene rings is 1. The molecule has 0 spiro atoms. The van der Waals surface area contributed by atoms with E-state index in [0.717, 1.165) is 5.69 Å². The monoisotopic (exact) mass is 302 g/mol. The highest BCUT2D eigenvalue weighted by molar-refractivity contribution is 5.85. The molecule has 0 aromatic heterocycles. The Morgan fingerprint density at radius 2 is 1.82 bits per heavy atom. The van der Waals surface area contributed by atoms with Crippen LogP contribution >= 0.6 is 0 Å². The van der Waals surface area contributed by atoms with E-state index in [1.54, 1.807) is 0 Å². The zero-order chi connectivity index (χ0) is 15.9. The van der Waals surface area contributed by atoms with Gasteiger partial charge in [0.1, 0.15) is 0 Å². The number of nitrogens with zero attached hydrogens (tertiary/aromatic N) is 1. The quantitative estimate of drug-likeness (QED) is 0.788. The van der Waals surface area contributed by atoms with Crippen molar-refractivity contribution < 1.29 is 14.7 Å². The van der Waals surface area contributed by atoms with Crippen molar-refractivity contribution in [1.29, 1.82) is 0 Å². The van der Waals surface area contributed by atoms with Gasteiger partial charge in [-0.3, -0.25) is 9.59 Å². The number of hydrogen-bond acceptors (Lipinski definition) is 3. The van der Waals surface area contributed by atoms with Crippen LogP contribution in [0.3, 0.4) is 0 Å². The molecule has 22 heavy (non-hydrogen) atoms. The van der Waals surface area contributed by atoms with Crippen LogP contribution in [0.5, 0.6) is 0 Å². The maximum atomic E-state index is 12.2. The van der Waals surface area contributed by atoms with E-state index in [9.17, 15) is 14.7 Å². The number of carboxylic acids is 1. The van der Waals surface area contributed by atoms with Crippen LogP contribution in [0.2, 0.25) is 0 Å². The maximum Gasteiger partial charge on any atom is 0.307 e. The van der Waals surface area contributed by atoms with Crippen LogP contribution in [-0.4, -0.2) is 37.1 Å². The van der Waals surface area contributed by atoms with Crippen molar-refractivity contribution in [3.8, 4) is 0 Å². The van der Waals surface area contributed by atoms with Gasteiger partial charge >= 0.3 is 5.97 Å². The summed E-state index contributed by atoms with van der Waals surface area (Å²) in [7, 11) is 1.96. The van der Waals surface area contributed by atoms with Crippen LogP contribution in [0.4, 0.5) is 5.69 Å². The van der Waals surface area contributed by atoms with Gasteiger partial charge in [0.15, 0.2) is 0 Å². The molecule has 0 fully saturated rings. The fourth-order valence-electron chi connectivity index (χ4n) is 2.67. The number of likely N-dealkylation sites (N-methyl/N-ethyl adjacent to an activating group) is 1. The van der Waals surface area contributed by atoms with E-state index in [2.05, 4.69) is 10.2 Å². The minimum absolute atomic E-state index is 0.168. The first-order valence-electron chi connectivity index (χ1n) is 7.51. The van der Waals surface area contributed by atoms with Gasteiger partial charge in [0.05, 0.1) is 11.8 Å². The topological polar surface area (TPSA) is 69.6 Å². The van der Waals surface area contributed by atoms with E-state index in [-0.39, 0.29) is 5.91 Å². The Bertz CT molecular complexity index is 542. The van der Waals surface area contributed by atoms with Gasteiger partial charge in [-0.2, -0.15) is 0 Å². The van der Waals surface area contributed by atoms with E-state index in [1.165, 1.54) is 0 Å². The number of carboxylic acid groups (broad SMARTS) is 1. The summed E-state index contributed by atoms with van der Waals surface area (Å²) >= 11 is 0. The molecule has 0 saturated carbocycles. The van der Waals surface area contributed by atoms with Crippen molar-refractivity contribution in [1.82, 2.24) is 5.32 Å². The zero-order valence-electron chi connectivity index (χ0n) is 12.7. The molecule has 5 nitrogen and oxygen atoms in total. The third kappa shape index (κ3) is 4.10. The SMILES string of the molecule is CN(CCNC(=O)C1CC=CCC1C(=O)O)c1ccccc1. The summed E-state index contributed by atoms with van der Waals surface area (Å²) in [6.45, 7) is 1.17. The van der Waals surface area contributed by atoms with Crippen molar-refractivity contribution in [2.24, 2.45) is 11.8 Å². The van der Waals surface area contributed by atoms with Crippen LogP contribution in [0.1, 0.15) is 12.8 Å². The molecule has 118 valence electrons. The van der Waals surface area contributed by atoms with Crippen molar-refractivity contribution in [2.75, 3.05) is 25.0 Å². The van der Waals surface area contributed by atoms with Crippen LogP contribution in [-0.2, 0) is 9.59 Å². The van der Waals surface area contributed by atoms with Gasteiger partial charge in [-0.15, -0.1) is 0 Å². The van der Waals surface area contributed by atoms with Crippen molar-refractivity contribution in [2.45, 2.75) is 12.8 Å². The molecular formula is C17H22N2O3. The molecule has 1 aromatic carbocycles. The Morgan fingerprint density at radius 1 is 1.18 bits per heavy atom. The molecule has 0 radical (unpaired) electrons. The Kier molecular flexibility index (Phi) is 5.58. The number of hydrogen-bond donors (Lipinski definition) is 2. The van der Waals surface area contributed by atoms with Crippen LogP contribution < -0.4 is 10.2 Å². The first-order chi connectivity index (χ1) is 10.6. The van der Waals surface area contributed by atoms with E-state index in [1.807, 2.05) is 49.5 Å². The number of nitrogens with one attached hydrogen (secondary N) is 1. The Labute approximate surface area is 130 Å². The number of anilines is 1. The number of amides is 1. The van der Waals surface area contributed by atoms with Crippen LogP contribution in [0.25, 0.3) is 0 Å². The summed E-state index contributed by atoms with van der Waals surface area (Å²) in [6.07, 6.45) is 4.65. The number of carbonyl (C=O) groups is 2. The van der Waals surface area contributed by atoms with Crippen LogP contribution in [0.15, 0.2) is 42.5 Å². The van der Waals surface area contributed by atoms with E-state index in [0.29, 0.717) is 25.9 Å². The minimum Gasteiger partial charge on any atom is -0.481 e. The average Bonchev–Trinajstić information content (AvgIpc) is 2.55. The zero-order valence-corrected chi connectivity index (χ0v) is 12.7. The van der Waals surface area contributed by atoms with Gasteiger partial charge in [0.25, 0.3) is 0 Å². The predicted molar refractivity (Wildman–Crippen MR) is 85.7 cm³/mol.